The molecule has 0 bridgehead atoms. The molecule has 0 atom stereocenters. The largest absolute Gasteiger partial charge is 0.481 e. The van der Waals surface area contributed by atoms with Crippen molar-refractivity contribution in [2.75, 3.05) is 0 Å². The van der Waals surface area contributed by atoms with E-state index in [4.69, 9.17) is 5.11 Å². The summed E-state index contributed by atoms with van der Waals surface area (Å²) in [5.74, 6) is -1.61. The number of nitrogens with one attached hydrogen (secondary N) is 1. The zero-order chi connectivity index (χ0) is 15.4. The highest BCUT2D eigenvalue weighted by Crippen LogP contribution is 2.29. The zero-order valence-corrected chi connectivity index (χ0v) is 13.0. The topological polar surface area (TPSA) is 66.4 Å². The average Bonchev–Trinajstić information content (AvgIpc) is 2.46. The maximum atomic E-state index is 13.0. The van der Waals surface area contributed by atoms with Crippen molar-refractivity contribution in [3.63, 3.8) is 0 Å². The smallest absolute Gasteiger partial charge is 0.306 e. The third-order valence-electron chi connectivity index (χ3n) is 3.92. The van der Waals surface area contributed by atoms with Crippen LogP contribution < -0.4 is 5.32 Å². The minimum Gasteiger partial charge on any atom is -0.481 e. The quantitative estimate of drug-likeness (QED) is 0.869. The van der Waals surface area contributed by atoms with E-state index in [1.54, 1.807) is 6.07 Å². The summed E-state index contributed by atoms with van der Waals surface area (Å²) >= 11 is 3.26. The standard InChI is InChI=1S/C15H17BrFNO3/c16-13-7-12(17)6-5-11(13)8-18-14(19)9-1-3-10(4-2-9)15(20)21/h5-7,9-10H,1-4,8H2,(H,18,19)(H,20,21). The second-order valence-electron chi connectivity index (χ2n) is 5.34. The number of carbonyl (C=O) groups excluding carboxylic acids is 1. The molecule has 2 N–H and O–H groups in total. The van der Waals surface area contributed by atoms with Gasteiger partial charge in [0.15, 0.2) is 0 Å². The Hall–Kier alpha value is -1.43. The normalized spacial score (nSPS) is 21.8. The van der Waals surface area contributed by atoms with Crippen molar-refractivity contribution in [1.82, 2.24) is 5.32 Å². The Bertz CT molecular complexity index is 542. The zero-order valence-electron chi connectivity index (χ0n) is 11.4. The summed E-state index contributed by atoms with van der Waals surface area (Å²) in [4.78, 5) is 22.9. The minimum absolute atomic E-state index is 0.0601. The number of carbonyl (C=O) groups is 2. The van der Waals surface area contributed by atoms with Crippen molar-refractivity contribution in [3.8, 4) is 0 Å². The van der Waals surface area contributed by atoms with Gasteiger partial charge in [-0.1, -0.05) is 22.0 Å². The van der Waals surface area contributed by atoms with Gasteiger partial charge in [0, 0.05) is 16.9 Å². The van der Waals surface area contributed by atoms with Crippen molar-refractivity contribution in [1.29, 1.82) is 0 Å². The number of hydrogen-bond donors (Lipinski definition) is 2. The average molecular weight is 358 g/mol. The van der Waals surface area contributed by atoms with Crippen molar-refractivity contribution < 1.29 is 19.1 Å². The van der Waals surface area contributed by atoms with Crippen LogP contribution in [0.5, 0.6) is 0 Å². The lowest BCUT2D eigenvalue weighted by molar-refractivity contribution is -0.144. The molecule has 0 unspecified atom stereocenters. The van der Waals surface area contributed by atoms with Crippen LogP contribution in [0.1, 0.15) is 31.2 Å². The molecule has 0 saturated heterocycles. The van der Waals surface area contributed by atoms with Gasteiger partial charge < -0.3 is 10.4 Å². The highest BCUT2D eigenvalue weighted by molar-refractivity contribution is 9.10. The van der Waals surface area contributed by atoms with E-state index in [1.807, 2.05) is 0 Å². The fourth-order valence-corrected chi connectivity index (χ4v) is 3.09. The van der Waals surface area contributed by atoms with E-state index < -0.39 is 5.97 Å². The van der Waals surface area contributed by atoms with Crippen LogP contribution in [0, 0.1) is 17.7 Å². The van der Waals surface area contributed by atoms with Crippen LogP contribution in [0.4, 0.5) is 4.39 Å². The molecule has 21 heavy (non-hydrogen) atoms. The van der Waals surface area contributed by atoms with Crippen molar-refractivity contribution >= 4 is 27.8 Å². The Kier molecular flexibility index (Phi) is 5.33. The number of benzene rings is 1. The lowest BCUT2D eigenvalue weighted by Gasteiger charge is -2.25. The van der Waals surface area contributed by atoms with Gasteiger partial charge in [0.2, 0.25) is 5.91 Å². The molecule has 1 aliphatic carbocycles. The summed E-state index contributed by atoms with van der Waals surface area (Å²) in [6.07, 6.45) is 2.31. The van der Waals surface area contributed by atoms with Crippen LogP contribution in [0.2, 0.25) is 0 Å². The molecular weight excluding hydrogens is 341 g/mol. The fraction of sp³-hybridized carbons (Fsp3) is 0.467. The molecular formula is C15H17BrFNO3. The summed E-state index contributed by atoms with van der Waals surface area (Å²) in [5, 5.41) is 11.8. The van der Waals surface area contributed by atoms with Crippen LogP contribution in [0.15, 0.2) is 22.7 Å². The lowest BCUT2D eigenvalue weighted by atomic mass is 9.81. The summed E-state index contributed by atoms with van der Waals surface area (Å²) in [6.45, 7) is 0.332. The molecule has 0 aromatic heterocycles. The highest BCUT2D eigenvalue weighted by Gasteiger charge is 2.29. The van der Waals surface area contributed by atoms with E-state index in [-0.39, 0.29) is 23.6 Å². The molecule has 1 fully saturated rings. The summed E-state index contributed by atoms with van der Waals surface area (Å²) in [6, 6.07) is 4.34. The lowest BCUT2D eigenvalue weighted by Crippen LogP contribution is -2.34. The minimum atomic E-state index is -0.774. The van der Waals surface area contributed by atoms with E-state index in [9.17, 15) is 14.0 Å². The third-order valence-corrected chi connectivity index (χ3v) is 4.65. The second kappa shape index (κ2) is 7.02. The van der Waals surface area contributed by atoms with Gasteiger partial charge in [-0.25, -0.2) is 4.39 Å². The summed E-state index contributed by atoms with van der Waals surface area (Å²) in [7, 11) is 0. The Morgan fingerprint density at radius 3 is 2.43 bits per heavy atom. The predicted molar refractivity (Wildman–Crippen MR) is 79.0 cm³/mol. The molecule has 6 heteroatoms. The van der Waals surface area contributed by atoms with E-state index in [2.05, 4.69) is 21.2 Å². The molecule has 0 heterocycles. The van der Waals surface area contributed by atoms with Crippen molar-refractivity contribution in [2.45, 2.75) is 32.2 Å². The summed E-state index contributed by atoms with van der Waals surface area (Å²) < 4.78 is 13.6. The third kappa shape index (κ3) is 4.27. The maximum Gasteiger partial charge on any atom is 0.306 e. The van der Waals surface area contributed by atoms with Gasteiger partial charge >= 0.3 is 5.97 Å². The van der Waals surface area contributed by atoms with Crippen LogP contribution in [-0.2, 0) is 16.1 Å². The predicted octanol–water partition coefficient (Wildman–Crippen LogP) is 3.10. The van der Waals surface area contributed by atoms with Crippen LogP contribution in [-0.4, -0.2) is 17.0 Å². The summed E-state index contributed by atoms with van der Waals surface area (Å²) in [5.41, 5.74) is 0.809. The fourth-order valence-electron chi connectivity index (χ4n) is 2.59. The molecule has 1 saturated carbocycles. The van der Waals surface area contributed by atoms with Crippen molar-refractivity contribution in [2.24, 2.45) is 11.8 Å². The molecule has 1 amide bonds. The van der Waals surface area contributed by atoms with Crippen LogP contribution in [0.25, 0.3) is 0 Å². The van der Waals surface area contributed by atoms with Gasteiger partial charge in [0.1, 0.15) is 5.82 Å². The molecule has 1 aliphatic rings. The number of hydrogen-bond acceptors (Lipinski definition) is 2. The van der Waals surface area contributed by atoms with Crippen molar-refractivity contribution in [3.05, 3.63) is 34.1 Å². The van der Waals surface area contributed by atoms with Gasteiger partial charge in [0.05, 0.1) is 5.92 Å². The van der Waals surface area contributed by atoms with Gasteiger partial charge in [-0.05, 0) is 43.4 Å². The molecule has 0 aliphatic heterocycles. The van der Waals surface area contributed by atoms with E-state index in [0.717, 1.165) is 5.56 Å². The second-order valence-corrected chi connectivity index (χ2v) is 6.19. The SMILES string of the molecule is O=C(O)C1CCC(C(=O)NCc2ccc(F)cc2Br)CC1. The Labute approximate surface area is 130 Å². The number of carboxylic acids is 1. The number of aliphatic carboxylic acids is 1. The van der Waals surface area contributed by atoms with E-state index >= 15 is 0 Å². The Morgan fingerprint density at radius 1 is 1.24 bits per heavy atom. The van der Waals surface area contributed by atoms with Gasteiger partial charge in [0.25, 0.3) is 0 Å². The molecule has 1 aromatic carbocycles. The number of halogens is 2. The first-order valence-corrected chi connectivity index (χ1v) is 7.71. The van der Waals surface area contributed by atoms with E-state index in [0.29, 0.717) is 36.7 Å². The van der Waals surface area contributed by atoms with Gasteiger partial charge in [-0.2, -0.15) is 0 Å². The first kappa shape index (κ1) is 15.9. The first-order chi connectivity index (χ1) is 9.97. The number of rotatable bonds is 4. The van der Waals surface area contributed by atoms with Crippen LogP contribution in [0.3, 0.4) is 0 Å². The van der Waals surface area contributed by atoms with Gasteiger partial charge in [-0.15, -0.1) is 0 Å². The Balaban J connectivity index is 1.84. The van der Waals surface area contributed by atoms with Crippen LogP contribution >= 0.6 is 15.9 Å². The Morgan fingerprint density at radius 2 is 1.86 bits per heavy atom. The molecule has 1 aromatic rings. The monoisotopic (exact) mass is 357 g/mol. The molecule has 4 nitrogen and oxygen atoms in total. The molecule has 2 rings (SSSR count). The van der Waals surface area contributed by atoms with E-state index in [1.165, 1.54) is 12.1 Å². The van der Waals surface area contributed by atoms with Gasteiger partial charge in [-0.3, -0.25) is 9.59 Å². The highest BCUT2D eigenvalue weighted by atomic mass is 79.9. The number of amides is 1. The maximum absolute atomic E-state index is 13.0. The molecule has 0 spiro atoms. The number of carboxylic acid groups (broad SMARTS) is 1. The molecule has 0 radical (unpaired) electrons. The first-order valence-electron chi connectivity index (χ1n) is 6.92. The molecule has 114 valence electrons.